The lowest BCUT2D eigenvalue weighted by Gasteiger charge is -2.16. The molecule has 1 amide bonds. The van der Waals surface area contributed by atoms with Crippen molar-refractivity contribution in [3.63, 3.8) is 0 Å². The number of pyridine rings is 1. The molecular formula is C13H18N4OS2. The van der Waals surface area contributed by atoms with Crippen LogP contribution in [0.2, 0.25) is 0 Å². The van der Waals surface area contributed by atoms with Crippen molar-refractivity contribution >= 4 is 35.1 Å². The van der Waals surface area contributed by atoms with Gasteiger partial charge in [-0.1, -0.05) is 6.07 Å². The van der Waals surface area contributed by atoms with Crippen LogP contribution in [0.25, 0.3) is 5.65 Å². The van der Waals surface area contributed by atoms with Crippen LogP contribution in [0.3, 0.4) is 0 Å². The monoisotopic (exact) mass is 310 g/mol. The Morgan fingerprint density at radius 2 is 2.20 bits per heavy atom. The Hall–Kier alpha value is -1.21. The van der Waals surface area contributed by atoms with Crippen molar-refractivity contribution in [1.82, 2.24) is 19.9 Å². The summed E-state index contributed by atoms with van der Waals surface area (Å²) in [6.07, 6.45) is 6.75. The molecule has 0 spiro atoms. The first-order valence-electron chi connectivity index (χ1n) is 6.33. The predicted octanol–water partition coefficient (Wildman–Crippen LogP) is 2.00. The van der Waals surface area contributed by atoms with Gasteiger partial charge in [-0.15, -0.1) is 10.2 Å². The molecule has 0 saturated heterocycles. The molecule has 20 heavy (non-hydrogen) atoms. The van der Waals surface area contributed by atoms with Gasteiger partial charge in [0.05, 0.1) is 11.8 Å². The highest BCUT2D eigenvalue weighted by Gasteiger charge is 2.19. The Morgan fingerprint density at radius 3 is 2.95 bits per heavy atom. The fourth-order valence-corrected chi connectivity index (χ4v) is 2.78. The van der Waals surface area contributed by atoms with Gasteiger partial charge in [0.15, 0.2) is 11.5 Å². The van der Waals surface area contributed by atoms with Crippen molar-refractivity contribution in [1.29, 1.82) is 0 Å². The second-order valence-electron chi connectivity index (χ2n) is 4.32. The van der Waals surface area contributed by atoms with Gasteiger partial charge in [0.25, 0.3) is 0 Å². The number of nitrogens with zero attached hydrogens (tertiary/aromatic N) is 3. The van der Waals surface area contributed by atoms with E-state index in [1.807, 2.05) is 35.1 Å². The lowest BCUT2D eigenvalue weighted by atomic mass is 10.2. The quantitative estimate of drug-likeness (QED) is 0.847. The van der Waals surface area contributed by atoms with Crippen LogP contribution in [0, 0.1) is 0 Å². The second-order valence-corrected chi connectivity index (χ2v) is 6.17. The minimum absolute atomic E-state index is 0.0382. The molecule has 0 saturated carbocycles. The van der Waals surface area contributed by atoms with Crippen LogP contribution in [0.1, 0.15) is 18.3 Å². The van der Waals surface area contributed by atoms with Crippen molar-refractivity contribution in [3.8, 4) is 0 Å². The maximum absolute atomic E-state index is 11.9. The van der Waals surface area contributed by atoms with Crippen LogP contribution in [0.4, 0.5) is 0 Å². The van der Waals surface area contributed by atoms with Gasteiger partial charge in [0.2, 0.25) is 5.91 Å². The summed E-state index contributed by atoms with van der Waals surface area (Å²) in [6.45, 7) is 0. The van der Waals surface area contributed by atoms with Crippen LogP contribution in [-0.4, -0.2) is 44.5 Å². The highest BCUT2D eigenvalue weighted by molar-refractivity contribution is 7.99. The van der Waals surface area contributed by atoms with Gasteiger partial charge in [-0.3, -0.25) is 9.20 Å². The van der Waals surface area contributed by atoms with Crippen LogP contribution >= 0.6 is 23.5 Å². The number of carbonyl (C=O) groups is 1. The van der Waals surface area contributed by atoms with E-state index < -0.39 is 0 Å². The van der Waals surface area contributed by atoms with Gasteiger partial charge in [0, 0.05) is 6.20 Å². The predicted molar refractivity (Wildman–Crippen MR) is 85.3 cm³/mol. The number of carbonyl (C=O) groups excluding carboxylic acids is 1. The normalized spacial score (nSPS) is 12.5. The number of fused-ring (bicyclic) bond motifs is 1. The molecule has 1 N–H and O–H groups in total. The highest BCUT2D eigenvalue weighted by Crippen LogP contribution is 2.18. The molecule has 108 valence electrons. The molecule has 0 bridgehead atoms. The Kier molecular flexibility index (Phi) is 5.72. The number of amides is 1. The third-order valence-corrected chi connectivity index (χ3v) is 4.07. The standard InChI is InChI=1S/C13H18N4OS2/c1-19-8-6-10(14-12(18)9-20-2)13-16-15-11-5-3-4-7-17(11)13/h3-5,7,10H,6,8-9H2,1-2H3,(H,14,18). The SMILES string of the molecule is CSCCC(NC(=O)CSC)c1nnc2ccccn12. The van der Waals surface area contributed by atoms with Crippen LogP contribution in [0.5, 0.6) is 0 Å². The van der Waals surface area contributed by atoms with E-state index in [0.717, 1.165) is 23.6 Å². The van der Waals surface area contributed by atoms with Gasteiger partial charge in [-0.2, -0.15) is 23.5 Å². The molecule has 7 heteroatoms. The fourth-order valence-electron chi connectivity index (χ4n) is 1.97. The Labute approximate surface area is 126 Å². The van der Waals surface area contributed by atoms with E-state index in [2.05, 4.69) is 21.8 Å². The largest absolute Gasteiger partial charge is 0.345 e. The zero-order valence-electron chi connectivity index (χ0n) is 11.6. The van der Waals surface area contributed by atoms with E-state index in [-0.39, 0.29) is 11.9 Å². The number of thioether (sulfide) groups is 2. The van der Waals surface area contributed by atoms with Crippen LogP contribution < -0.4 is 5.32 Å². The highest BCUT2D eigenvalue weighted by atomic mass is 32.2. The molecule has 2 aromatic heterocycles. The smallest absolute Gasteiger partial charge is 0.230 e. The van der Waals surface area contributed by atoms with E-state index in [1.165, 1.54) is 11.8 Å². The maximum Gasteiger partial charge on any atom is 0.230 e. The number of aromatic nitrogens is 3. The first-order chi connectivity index (χ1) is 9.76. The van der Waals surface area contributed by atoms with Crippen molar-refractivity contribution in [2.24, 2.45) is 0 Å². The third kappa shape index (κ3) is 3.67. The summed E-state index contributed by atoms with van der Waals surface area (Å²) in [7, 11) is 0. The van der Waals surface area contributed by atoms with Gasteiger partial charge in [-0.25, -0.2) is 0 Å². The summed E-state index contributed by atoms with van der Waals surface area (Å²) in [5, 5.41) is 11.4. The topological polar surface area (TPSA) is 59.3 Å². The van der Waals surface area contributed by atoms with Crippen molar-refractivity contribution in [2.45, 2.75) is 12.5 Å². The molecule has 0 aromatic carbocycles. The maximum atomic E-state index is 11.9. The number of hydrogen-bond donors (Lipinski definition) is 1. The number of nitrogens with one attached hydrogen (secondary N) is 1. The van der Waals surface area contributed by atoms with Crippen molar-refractivity contribution in [2.75, 3.05) is 24.0 Å². The molecule has 0 radical (unpaired) electrons. The van der Waals surface area contributed by atoms with E-state index in [9.17, 15) is 4.79 Å². The zero-order chi connectivity index (χ0) is 14.4. The molecule has 0 aliphatic heterocycles. The molecule has 0 aliphatic rings. The minimum atomic E-state index is -0.0977. The van der Waals surface area contributed by atoms with E-state index in [4.69, 9.17) is 0 Å². The average Bonchev–Trinajstić information content (AvgIpc) is 2.87. The molecule has 5 nitrogen and oxygen atoms in total. The Morgan fingerprint density at radius 1 is 1.35 bits per heavy atom. The van der Waals surface area contributed by atoms with Gasteiger partial charge in [0.1, 0.15) is 0 Å². The summed E-state index contributed by atoms with van der Waals surface area (Å²) in [5.74, 6) is 2.26. The molecule has 2 heterocycles. The van der Waals surface area contributed by atoms with Gasteiger partial charge >= 0.3 is 0 Å². The summed E-state index contributed by atoms with van der Waals surface area (Å²) in [6, 6.07) is 5.68. The number of hydrogen-bond acceptors (Lipinski definition) is 5. The van der Waals surface area contributed by atoms with Crippen molar-refractivity contribution in [3.05, 3.63) is 30.2 Å². The molecule has 2 rings (SSSR count). The minimum Gasteiger partial charge on any atom is -0.345 e. The molecule has 0 fully saturated rings. The lowest BCUT2D eigenvalue weighted by Crippen LogP contribution is -2.31. The van der Waals surface area contributed by atoms with E-state index in [1.54, 1.807) is 11.8 Å². The second kappa shape index (κ2) is 7.54. The van der Waals surface area contributed by atoms with Gasteiger partial charge < -0.3 is 5.32 Å². The van der Waals surface area contributed by atoms with E-state index >= 15 is 0 Å². The van der Waals surface area contributed by atoms with Crippen LogP contribution in [0.15, 0.2) is 24.4 Å². The molecular weight excluding hydrogens is 292 g/mol. The Balaban J connectivity index is 2.23. The molecule has 2 aromatic rings. The molecule has 0 aliphatic carbocycles. The summed E-state index contributed by atoms with van der Waals surface area (Å²) in [5.41, 5.74) is 0.802. The molecule has 1 unspecified atom stereocenters. The average molecular weight is 310 g/mol. The zero-order valence-corrected chi connectivity index (χ0v) is 13.2. The summed E-state index contributed by atoms with van der Waals surface area (Å²) >= 11 is 3.28. The fraction of sp³-hybridized carbons (Fsp3) is 0.462. The van der Waals surface area contributed by atoms with E-state index in [0.29, 0.717) is 5.75 Å². The van der Waals surface area contributed by atoms with Crippen LogP contribution in [-0.2, 0) is 4.79 Å². The summed E-state index contributed by atoms with van der Waals surface area (Å²) in [4.78, 5) is 11.9. The lowest BCUT2D eigenvalue weighted by molar-refractivity contribution is -0.119. The number of rotatable bonds is 7. The Bertz CT molecular complexity index is 572. The van der Waals surface area contributed by atoms with Crippen molar-refractivity contribution < 1.29 is 4.79 Å². The van der Waals surface area contributed by atoms with Gasteiger partial charge in [-0.05, 0) is 36.8 Å². The third-order valence-electron chi connectivity index (χ3n) is 2.87. The first-order valence-corrected chi connectivity index (χ1v) is 9.12. The summed E-state index contributed by atoms with van der Waals surface area (Å²) < 4.78 is 1.93. The first kappa shape index (κ1) is 15.2. The molecule has 1 atom stereocenters.